The zero-order valence-electron chi connectivity index (χ0n) is 14.5. The summed E-state index contributed by atoms with van der Waals surface area (Å²) in [4.78, 5) is 12.6. The lowest BCUT2D eigenvalue weighted by Crippen LogP contribution is -2.14. The molecule has 0 aliphatic rings. The summed E-state index contributed by atoms with van der Waals surface area (Å²) in [5.74, 6) is 0.451. The van der Waals surface area contributed by atoms with Crippen LogP contribution in [-0.2, 0) is 0 Å². The Morgan fingerprint density at radius 1 is 1.12 bits per heavy atom. The zero-order chi connectivity index (χ0) is 17.4. The van der Waals surface area contributed by atoms with E-state index < -0.39 is 0 Å². The van der Waals surface area contributed by atoms with Gasteiger partial charge >= 0.3 is 0 Å². The molecule has 1 amide bonds. The summed E-state index contributed by atoms with van der Waals surface area (Å²) >= 11 is 0. The Morgan fingerprint density at radius 3 is 2.67 bits per heavy atom. The molecule has 0 aromatic heterocycles. The molecule has 4 heteroatoms. The minimum absolute atomic E-state index is 0.174. The molecule has 2 aromatic rings. The SMILES string of the molecule is CCCCCCOc1ccccc1C(=O)Nc1ccc(N)cc1C. The van der Waals surface area contributed by atoms with E-state index in [1.54, 1.807) is 12.1 Å². The van der Waals surface area contributed by atoms with Gasteiger partial charge in [0.15, 0.2) is 0 Å². The molecule has 24 heavy (non-hydrogen) atoms. The van der Waals surface area contributed by atoms with E-state index in [1.807, 2.05) is 37.3 Å². The van der Waals surface area contributed by atoms with Crippen molar-refractivity contribution in [1.29, 1.82) is 0 Å². The van der Waals surface area contributed by atoms with Crippen molar-refractivity contribution < 1.29 is 9.53 Å². The Labute approximate surface area is 144 Å². The van der Waals surface area contributed by atoms with E-state index in [9.17, 15) is 4.79 Å². The third-order valence-corrected chi connectivity index (χ3v) is 3.89. The Kier molecular flexibility index (Phi) is 6.67. The molecule has 2 rings (SSSR count). The second-order valence-electron chi connectivity index (χ2n) is 5.93. The van der Waals surface area contributed by atoms with Crippen LogP contribution in [0, 0.1) is 6.92 Å². The van der Waals surface area contributed by atoms with E-state index in [-0.39, 0.29) is 5.91 Å². The van der Waals surface area contributed by atoms with Gasteiger partial charge in [0.1, 0.15) is 5.75 Å². The number of anilines is 2. The smallest absolute Gasteiger partial charge is 0.259 e. The number of nitrogens with one attached hydrogen (secondary N) is 1. The number of para-hydroxylation sites is 1. The predicted molar refractivity (Wildman–Crippen MR) is 99.6 cm³/mol. The van der Waals surface area contributed by atoms with Crippen LogP contribution in [0.2, 0.25) is 0 Å². The molecule has 3 N–H and O–H groups in total. The van der Waals surface area contributed by atoms with Crippen LogP contribution in [0.1, 0.15) is 48.5 Å². The molecule has 0 heterocycles. The Balaban J connectivity index is 2.03. The van der Waals surface area contributed by atoms with E-state index in [0.29, 0.717) is 23.6 Å². The number of carbonyl (C=O) groups excluding carboxylic acids is 1. The third-order valence-electron chi connectivity index (χ3n) is 3.89. The lowest BCUT2D eigenvalue weighted by atomic mass is 10.1. The summed E-state index contributed by atoms with van der Waals surface area (Å²) in [5, 5.41) is 2.93. The molecule has 0 saturated carbocycles. The van der Waals surface area contributed by atoms with Gasteiger partial charge in [-0.15, -0.1) is 0 Å². The summed E-state index contributed by atoms with van der Waals surface area (Å²) in [6, 6.07) is 12.8. The van der Waals surface area contributed by atoms with Crippen LogP contribution in [0.4, 0.5) is 11.4 Å². The lowest BCUT2D eigenvalue weighted by molar-refractivity contribution is 0.102. The quantitative estimate of drug-likeness (QED) is 0.541. The Bertz CT molecular complexity index is 683. The van der Waals surface area contributed by atoms with Crippen molar-refractivity contribution in [3.05, 3.63) is 53.6 Å². The van der Waals surface area contributed by atoms with Crippen LogP contribution >= 0.6 is 0 Å². The lowest BCUT2D eigenvalue weighted by Gasteiger charge is -2.13. The highest BCUT2D eigenvalue weighted by Gasteiger charge is 2.13. The third kappa shape index (κ3) is 5.01. The first kappa shape index (κ1) is 17.9. The summed E-state index contributed by atoms with van der Waals surface area (Å²) in [5.41, 5.74) is 8.67. The van der Waals surface area contributed by atoms with E-state index in [2.05, 4.69) is 12.2 Å². The summed E-state index contributed by atoms with van der Waals surface area (Å²) < 4.78 is 5.81. The number of hydrogen-bond acceptors (Lipinski definition) is 3. The summed E-state index contributed by atoms with van der Waals surface area (Å²) in [6.45, 7) is 4.73. The second kappa shape index (κ2) is 8.96. The molecular formula is C20H26N2O2. The van der Waals surface area contributed by atoms with Gasteiger partial charge in [-0.2, -0.15) is 0 Å². The number of benzene rings is 2. The number of carbonyl (C=O) groups is 1. The monoisotopic (exact) mass is 326 g/mol. The van der Waals surface area contributed by atoms with Crippen molar-refractivity contribution in [2.24, 2.45) is 0 Å². The van der Waals surface area contributed by atoms with E-state index in [1.165, 1.54) is 12.8 Å². The molecule has 0 aliphatic carbocycles. The van der Waals surface area contributed by atoms with E-state index in [4.69, 9.17) is 10.5 Å². The summed E-state index contributed by atoms with van der Waals surface area (Å²) in [7, 11) is 0. The highest BCUT2D eigenvalue weighted by atomic mass is 16.5. The maximum Gasteiger partial charge on any atom is 0.259 e. The molecule has 0 radical (unpaired) electrons. The second-order valence-corrected chi connectivity index (χ2v) is 5.93. The standard InChI is InChI=1S/C20H26N2O2/c1-3-4-5-8-13-24-19-10-7-6-9-17(19)20(23)22-18-12-11-16(21)14-15(18)2/h6-7,9-12,14H,3-5,8,13,21H2,1-2H3,(H,22,23). The van der Waals surface area contributed by atoms with E-state index >= 15 is 0 Å². The maximum atomic E-state index is 12.6. The van der Waals surface area contributed by atoms with Gasteiger partial charge < -0.3 is 15.8 Å². The van der Waals surface area contributed by atoms with Crippen LogP contribution < -0.4 is 15.8 Å². The van der Waals surface area contributed by atoms with Gasteiger partial charge in [-0.05, 0) is 49.2 Å². The number of amides is 1. The minimum atomic E-state index is -0.174. The largest absolute Gasteiger partial charge is 0.493 e. The fraction of sp³-hybridized carbons (Fsp3) is 0.350. The first-order valence-electron chi connectivity index (χ1n) is 8.51. The van der Waals surface area contributed by atoms with Crippen LogP contribution in [0.5, 0.6) is 5.75 Å². The minimum Gasteiger partial charge on any atom is -0.493 e. The van der Waals surface area contributed by atoms with Gasteiger partial charge in [0.2, 0.25) is 0 Å². The van der Waals surface area contributed by atoms with Crippen LogP contribution in [0.15, 0.2) is 42.5 Å². The highest BCUT2D eigenvalue weighted by molar-refractivity contribution is 6.06. The van der Waals surface area contributed by atoms with Crippen LogP contribution in [-0.4, -0.2) is 12.5 Å². The normalized spacial score (nSPS) is 10.4. The topological polar surface area (TPSA) is 64.3 Å². The van der Waals surface area contributed by atoms with Gasteiger partial charge in [0.25, 0.3) is 5.91 Å². The highest BCUT2D eigenvalue weighted by Crippen LogP contribution is 2.22. The number of hydrogen-bond donors (Lipinski definition) is 2. The number of nitrogen functional groups attached to an aromatic ring is 1. The molecule has 0 bridgehead atoms. The van der Waals surface area contributed by atoms with Gasteiger partial charge in [-0.1, -0.05) is 38.3 Å². The van der Waals surface area contributed by atoms with E-state index in [0.717, 1.165) is 24.1 Å². The first-order valence-corrected chi connectivity index (χ1v) is 8.51. The fourth-order valence-electron chi connectivity index (χ4n) is 2.51. The molecule has 0 fully saturated rings. The first-order chi connectivity index (χ1) is 11.6. The zero-order valence-corrected chi connectivity index (χ0v) is 14.5. The molecule has 4 nitrogen and oxygen atoms in total. The average molecular weight is 326 g/mol. The molecular weight excluding hydrogens is 300 g/mol. The van der Waals surface area contributed by atoms with Crippen molar-refractivity contribution >= 4 is 17.3 Å². The molecule has 0 saturated heterocycles. The molecule has 0 unspecified atom stereocenters. The van der Waals surface area contributed by atoms with Gasteiger partial charge in [0, 0.05) is 11.4 Å². The molecule has 0 aliphatic heterocycles. The Morgan fingerprint density at radius 2 is 1.92 bits per heavy atom. The number of aryl methyl sites for hydroxylation is 1. The van der Waals surface area contributed by atoms with Crippen molar-refractivity contribution in [2.45, 2.75) is 39.5 Å². The molecule has 0 atom stereocenters. The van der Waals surface area contributed by atoms with Crippen molar-refractivity contribution in [2.75, 3.05) is 17.7 Å². The Hall–Kier alpha value is -2.49. The average Bonchev–Trinajstić information content (AvgIpc) is 2.57. The maximum absolute atomic E-state index is 12.6. The van der Waals surface area contributed by atoms with Crippen molar-refractivity contribution in [3.8, 4) is 5.75 Å². The van der Waals surface area contributed by atoms with Gasteiger partial charge in [0.05, 0.1) is 12.2 Å². The van der Waals surface area contributed by atoms with Crippen LogP contribution in [0.25, 0.3) is 0 Å². The number of ether oxygens (including phenoxy) is 1. The van der Waals surface area contributed by atoms with Gasteiger partial charge in [-0.3, -0.25) is 4.79 Å². The molecule has 0 spiro atoms. The van der Waals surface area contributed by atoms with Crippen LogP contribution in [0.3, 0.4) is 0 Å². The van der Waals surface area contributed by atoms with Gasteiger partial charge in [-0.25, -0.2) is 0 Å². The van der Waals surface area contributed by atoms with Crippen molar-refractivity contribution in [1.82, 2.24) is 0 Å². The molecule has 2 aromatic carbocycles. The summed E-state index contributed by atoms with van der Waals surface area (Å²) in [6.07, 6.45) is 4.55. The fourth-order valence-corrected chi connectivity index (χ4v) is 2.51. The predicted octanol–water partition coefficient (Wildman–Crippen LogP) is 4.79. The van der Waals surface area contributed by atoms with Crippen molar-refractivity contribution in [3.63, 3.8) is 0 Å². The number of unbranched alkanes of at least 4 members (excludes halogenated alkanes) is 3. The number of rotatable bonds is 8. The number of nitrogens with two attached hydrogens (primary N) is 1. The molecule has 128 valence electrons.